The molecule has 0 unspecified atom stereocenters. The molecule has 0 aromatic heterocycles. The molecule has 2 aliphatic heterocycles. The number of ether oxygens (including phenoxy) is 1. The lowest BCUT2D eigenvalue weighted by molar-refractivity contribution is -0.132. The molecule has 2 aliphatic rings. The minimum atomic E-state index is -0.853. The zero-order valence-corrected chi connectivity index (χ0v) is 22.5. The molecule has 1 fully saturated rings. The number of benzene rings is 3. The molecule has 1 saturated heterocycles. The number of methoxy groups -OCH3 is 1. The van der Waals surface area contributed by atoms with Crippen LogP contribution in [0.1, 0.15) is 27.9 Å². The second-order valence-electron chi connectivity index (χ2n) is 9.77. The molecule has 5 amide bonds. The molecule has 3 aromatic rings. The highest BCUT2D eigenvalue weighted by Gasteiger charge is 2.47. The van der Waals surface area contributed by atoms with E-state index in [4.69, 9.17) is 11.6 Å². The Morgan fingerprint density at radius 3 is 2.55 bits per heavy atom. The maximum absolute atomic E-state index is 13.9. The van der Waals surface area contributed by atoms with Crippen molar-refractivity contribution >= 4 is 46.9 Å². The van der Waals surface area contributed by atoms with Crippen molar-refractivity contribution in [2.24, 2.45) is 0 Å². The highest BCUT2D eigenvalue weighted by molar-refractivity contribution is 6.30. The third-order valence-electron chi connectivity index (χ3n) is 7.14. The number of urea groups is 1. The molecule has 1 spiro atoms. The lowest BCUT2D eigenvalue weighted by Gasteiger charge is -2.37. The second-order valence-corrected chi connectivity index (χ2v) is 10.2. The van der Waals surface area contributed by atoms with Gasteiger partial charge in [0.05, 0.1) is 12.6 Å². The Morgan fingerprint density at radius 1 is 1.07 bits per heavy atom. The van der Waals surface area contributed by atoms with Gasteiger partial charge in [0, 0.05) is 47.0 Å². The zero-order valence-electron chi connectivity index (χ0n) is 21.7. The average Bonchev–Trinajstić information content (AvgIpc) is 3.37. The minimum absolute atomic E-state index is 0.238. The van der Waals surface area contributed by atoms with Crippen molar-refractivity contribution in [3.63, 3.8) is 0 Å². The van der Waals surface area contributed by atoms with Gasteiger partial charge in [-0.3, -0.25) is 14.9 Å². The lowest BCUT2D eigenvalue weighted by atomic mass is 9.86. The molecule has 206 valence electrons. The normalized spacial score (nSPS) is 18.2. The van der Waals surface area contributed by atoms with Crippen molar-refractivity contribution in [3.05, 3.63) is 94.5 Å². The van der Waals surface area contributed by atoms with Crippen LogP contribution >= 0.6 is 11.6 Å². The number of hydrogen-bond acceptors (Lipinski definition) is 5. The van der Waals surface area contributed by atoms with Crippen LogP contribution in [0.15, 0.2) is 72.8 Å². The maximum atomic E-state index is 13.9. The average molecular weight is 562 g/mol. The molecule has 2 heterocycles. The molecular formula is C29H28ClN5O5. The van der Waals surface area contributed by atoms with Gasteiger partial charge in [-0.1, -0.05) is 41.9 Å². The number of nitrogens with zero attached hydrogens (tertiary/aromatic N) is 1. The first-order valence-corrected chi connectivity index (χ1v) is 13.1. The van der Waals surface area contributed by atoms with Gasteiger partial charge in [0.1, 0.15) is 6.04 Å². The van der Waals surface area contributed by atoms with E-state index in [1.54, 1.807) is 47.4 Å². The Bertz CT molecular complexity index is 1450. The zero-order chi connectivity index (χ0) is 28.3. The van der Waals surface area contributed by atoms with Gasteiger partial charge >= 0.3 is 12.1 Å². The standard InChI is InChI=1S/C29H28ClN5O5/c1-40-28(39)31-21-10-7-19(8-11-21)25(36)32-24(15-18-5-3-2-4-6-18)26(37)35-14-13-29(17-35)22-16-20(30)9-12-23(22)33-27(38)34-29/h2-12,16,24H,13-15,17H2,1H3,(H,31,39)(H,32,36)(H2,33,34,38)/t24-,29+/m0/s1. The highest BCUT2D eigenvalue weighted by Crippen LogP contribution is 2.40. The molecule has 2 atom stereocenters. The third-order valence-corrected chi connectivity index (χ3v) is 7.38. The van der Waals surface area contributed by atoms with Crippen molar-refractivity contribution < 1.29 is 23.9 Å². The number of likely N-dealkylation sites (tertiary alicyclic amines) is 1. The summed E-state index contributed by atoms with van der Waals surface area (Å²) in [5, 5.41) is 11.8. The number of rotatable bonds is 6. The van der Waals surface area contributed by atoms with Gasteiger partial charge in [-0.05, 0) is 54.4 Å². The number of nitrogens with one attached hydrogen (secondary N) is 4. The van der Waals surface area contributed by atoms with Crippen LogP contribution in [0.5, 0.6) is 0 Å². The van der Waals surface area contributed by atoms with Gasteiger partial charge in [0.15, 0.2) is 0 Å². The Hall–Kier alpha value is -4.57. The Morgan fingerprint density at radius 2 is 1.82 bits per heavy atom. The summed E-state index contributed by atoms with van der Waals surface area (Å²) < 4.78 is 4.58. The summed E-state index contributed by atoms with van der Waals surface area (Å²) in [7, 11) is 1.26. The molecule has 40 heavy (non-hydrogen) atoms. The number of hydrogen-bond donors (Lipinski definition) is 4. The third kappa shape index (κ3) is 5.72. The topological polar surface area (TPSA) is 129 Å². The first kappa shape index (κ1) is 27.0. The van der Waals surface area contributed by atoms with E-state index in [9.17, 15) is 19.2 Å². The highest BCUT2D eigenvalue weighted by atomic mass is 35.5. The van der Waals surface area contributed by atoms with Gasteiger partial charge in [0.2, 0.25) is 5.91 Å². The predicted octanol–water partition coefficient (Wildman–Crippen LogP) is 4.12. The molecule has 0 radical (unpaired) electrons. The molecule has 5 rings (SSSR count). The number of fused-ring (bicyclic) bond motifs is 2. The van der Waals surface area contributed by atoms with E-state index in [-0.39, 0.29) is 24.9 Å². The van der Waals surface area contributed by atoms with E-state index in [1.165, 1.54) is 7.11 Å². The van der Waals surface area contributed by atoms with Crippen LogP contribution in [0.2, 0.25) is 5.02 Å². The molecule has 3 aromatic carbocycles. The molecule has 10 nitrogen and oxygen atoms in total. The summed E-state index contributed by atoms with van der Waals surface area (Å²) in [6.45, 7) is 0.627. The van der Waals surface area contributed by atoms with E-state index >= 15 is 0 Å². The van der Waals surface area contributed by atoms with E-state index < -0.39 is 23.6 Å². The van der Waals surface area contributed by atoms with Crippen molar-refractivity contribution in [2.45, 2.75) is 24.4 Å². The number of amides is 5. The number of carbonyl (C=O) groups excluding carboxylic acids is 4. The van der Waals surface area contributed by atoms with Crippen LogP contribution in [0.25, 0.3) is 0 Å². The summed E-state index contributed by atoms with van der Waals surface area (Å²) in [5.41, 5.74) is 2.36. The van der Waals surface area contributed by atoms with E-state index in [0.29, 0.717) is 34.9 Å². The van der Waals surface area contributed by atoms with Crippen LogP contribution in [-0.2, 0) is 21.5 Å². The number of anilines is 2. The smallest absolute Gasteiger partial charge is 0.411 e. The number of carbonyl (C=O) groups is 4. The monoisotopic (exact) mass is 561 g/mol. The van der Waals surface area contributed by atoms with Crippen LogP contribution in [0, 0.1) is 0 Å². The quantitative estimate of drug-likeness (QED) is 0.360. The predicted molar refractivity (Wildman–Crippen MR) is 150 cm³/mol. The van der Waals surface area contributed by atoms with Crippen LogP contribution < -0.4 is 21.3 Å². The summed E-state index contributed by atoms with van der Waals surface area (Å²) in [5.74, 6) is -0.686. The maximum Gasteiger partial charge on any atom is 0.411 e. The van der Waals surface area contributed by atoms with Gasteiger partial charge in [-0.25, -0.2) is 9.59 Å². The summed E-state index contributed by atoms with van der Waals surface area (Å²) in [6, 6.07) is 19.8. The van der Waals surface area contributed by atoms with E-state index in [0.717, 1.165) is 11.1 Å². The van der Waals surface area contributed by atoms with Crippen molar-refractivity contribution in [3.8, 4) is 0 Å². The van der Waals surface area contributed by atoms with Crippen molar-refractivity contribution in [2.75, 3.05) is 30.8 Å². The Balaban J connectivity index is 1.36. The summed E-state index contributed by atoms with van der Waals surface area (Å²) in [4.78, 5) is 52.7. The fraction of sp³-hybridized carbons (Fsp3) is 0.241. The first-order valence-electron chi connectivity index (χ1n) is 12.7. The second kappa shape index (κ2) is 11.3. The molecule has 11 heteroatoms. The van der Waals surface area contributed by atoms with Gasteiger partial charge in [0.25, 0.3) is 5.91 Å². The molecule has 0 saturated carbocycles. The Labute approximate surface area is 236 Å². The minimum Gasteiger partial charge on any atom is -0.453 e. The van der Waals surface area contributed by atoms with Gasteiger partial charge < -0.3 is 25.6 Å². The van der Waals surface area contributed by atoms with Crippen molar-refractivity contribution in [1.29, 1.82) is 0 Å². The van der Waals surface area contributed by atoms with Gasteiger partial charge in [-0.15, -0.1) is 0 Å². The summed E-state index contributed by atoms with van der Waals surface area (Å²) in [6.07, 6.45) is 0.164. The molecular weight excluding hydrogens is 534 g/mol. The van der Waals surface area contributed by atoms with Crippen LogP contribution in [0.3, 0.4) is 0 Å². The summed E-state index contributed by atoms with van der Waals surface area (Å²) >= 11 is 6.28. The van der Waals surface area contributed by atoms with E-state index in [1.807, 2.05) is 30.3 Å². The largest absolute Gasteiger partial charge is 0.453 e. The van der Waals surface area contributed by atoms with Crippen LogP contribution in [0.4, 0.5) is 21.0 Å². The SMILES string of the molecule is COC(=O)Nc1ccc(C(=O)N[C@@H](Cc2ccccc2)C(=O)N2CC[C@]3(C2)NC(=O)Nc2ccc(Cl)cc23)cc1. The van der Waals surface area contributed by atoms with E-state index in [2.05, 4.69) is 26.0 Å². The van der Waals surface area contributed by atoms with Crippen molar-refractivity contribution in [1.82, 2.24) is 15.5 Å². The Kier molecular flexibility index (Phi) is 7.61. The molecule has 0 bridgehead atoms. The number of halogens is 1. The first-order chi connectivity index (χ1) is 19.3. The van der Waals surface area contributed by atoms with Gasteiger partial charge in [-0.2, -0.15) is 0 Å². The van der Waals surface area contributed by atoms with Crippen LogP contribution in [-0.4, -0.2) is 55.1 Å². The fourth-order valence-corrected chi connectivity index (χ4v) is 5.34. The molecule has 4 N–H and O–H groups in total. The lowest BCUT2D eigenvalue weighted by Crippen LogP contribution is -2.55. The fourth-order valence-electron chi connectivity index (χ4n) is 5.17. The molecule has 0 aliphatic carbocycles.